The molecule has 0 saturated heterocycles. The van der Waals surface area contributed by atoms with E-state index in [1.54, 1.807) is 13.2 Å². The molecule has 8 heavy (non-hydrogen) atoms. The van der Waals surface area contributed by atoms with E-state index in [0.29, 0.717) is 0 Å². The summed E-state index contributed by atoms with van der Waals surface area (Å²) in [5, 5.41) is 0. The molecule has 0 spiro atoms. The predicted octanol–water partition coefficient (Wildman–Crippen LogP) is 2.45. The first-order valence-corrected chi connectivity index (χ1v) is 3.03. The van der Waals surface area contributed by atoms with Crippen molar-refractivity contribution < 1.29 is 4.74 Å². The minimum Gasteiger partial charge on any atom is -0.501 e. The number of hydrogen-bond donors (Lipinski definition) is 0. The maximum Gasteiger partial charge on any atom is 0.0935 e. The zero-order chi connectivity index (χ0) is 6.57. The van der Waals surface area contributed by atoms with Crippen LogP contribution in [-0.2, 0) is 4.74 Å². The van der Waals surface area contributed by atoms with Crippen LogP contribution in [0.5, 0.6) is 0 Å². The van der Waals surface area contributed by atoms with Gasteiger partial charge in [-0.15, -0.1) is 0 Å². The molecule has 0 bridgehead atoms. The molecule has 0 aromatic rings. The fourth-order valence-corrected chi connectivity index (χ4v) is 0.602. The van der Waals surface area contributed by atoms with Crippen molar-refractivity contribution in [1.29, 1.82) is 0 Å². The lowest BCUT2D eigenvalue weighted by molar-refractivity contribution is 0.293. The molecule has 0 radical (unpaired) electrons. The van der Waals surface area contributed by atoms with Gasteiger partial charge >= 0.3 is 0 Å². The summed E-state index contributed by atoms with van der Waals surface area (Å²) < 4.78 is 5.66. The summed E-state index contributed by atoms with van der Waals surface area (Å²) in [4.78, 5) is 0. The number of rotatable bonds is 2. The van der Waals surface area contributed by atoms with E-state index >= 15 is 0 Å². The van der Waals surface area contributed by atoms with Crippen LogP contribution in [0.25, 0.3) is 0 Å². The number of ether oxygens (including phenoxy) is 1. The van der Waals surface area contributed by atoms with Crippen LogP contribution < -0.4 is 0 Å². The molecule has 0 aromatic heterocycles. The quantitative estimate of drug-likeness (QED) is 0.465. The van der Waals surface area contributed by atoms with E-state index in [1.807, 2.05) is 6.92 Å². The number of allylic oxidation sites excluding steroid dienone is 3. The van der Waals surface area contributed by atoms with E-state index in [0.717, 1.165) is 10.2 Å². The minimum absolute atomic E-state index is 0.830. The van der Waals surface area contributed by atoms with E-state index in [2.05, 4.69) is 22.5 Å². The van der Waals surface area contributed by atoms with Gasteiger partial charge in [0, 0.05) is 4.48 Å². The van der Waals surface area contributed by atoms with Gasteiger partial charge in [-0.2, -0.15) is 0 Å². The summed E-state index contributed by atoms with van der Waals surface area (Å²) in [7, 11) is 1.63. The zero-order valence-electron chi connectivity index (χ0n) is 5.07. The van der Waals surface area contributed by atoms with Gasteiger partial charge in [0.05, 0.1) is 12.9 Å². The van der Waals surface area contributed by atoms with Gasteiger partial charge in [-0.25, -0.2) is 0 Å². The average Bonchev–Trinajstić information content (AvgIpc) is 1.65. The molecule has 0 aliphatic rings. The van der Waals surface area contributed by atoms with Crippen LogP contribution in [-0.4, -0.2) is 7.11 Å². The predicted molar refractivity (Wildman–Crippen MR) is 38.8 cm³/mol. The smallest absolute Gasteiger partial charge is 0.0935 e. The van der Waals surface area contributed by atoms with Gasteiger partial charge in [0.1, 0.15) is 0 Å². The van der Waals surface area contributed by atoms with Crippen molar-refractivity contribution in [1.82, 2.24) is 0 Å². The third-order valence-electron chi connectivity index (χ3n) is 0.682. The topological polar surface area (TPSA) is 9.23 Å². The van der Waals surface area contributed by atoms with Crippen LogP contribution in [0.2, 0.25) is 0 Å². The van der Waals surface area contributed by atoms with E-state index < -0.39 is 0 Å². The van der Waals surface area contributed by atoms with Gasteiger partial charge in [0.2, 0.25) is 0 Å². The normalized spacial score (nSPS) is 11.1. The molecule has 46 valence electrons. The lowest BCUT2D eigenvalue weighted by atomic mass is 10.5. The van der Waals surface area contributed by atoms with E-state index in [4.69, 9.17) is 4.74 Å². The lowest BCUT2D eigenvalue weighted by Gasteiger charge is -1.94. The van der Waals surface area contributed by atoms with Crippen LogP contribution in [0.3, 0.4) is 0 Å². The Morgan fingerprint density at radius 1 is 1.75 bits per heavy atom. The number of methoxy groups -OCH3 is 1. The fraction of sp³-hybridized carbons (Fsp3) is 0.333. The Hall–Kier alpha value is -0.240. The lowest BCUT2D eigenvalue weighted by Crippen LogP contribution is -1.76. The van der Waals surface area contributed by atoms with E-state index in [1.165, 1.54) is 0 Å². The van der Waals surface area contributed by atoms with Crippen LogP contribution >= 0.6 is 15.9 Å². The first-order chi connectivity index (χ1) is 3.66. The van der Waals surface area contributed by atoms with E-state index in [-0.39, 0.29) is 0 Å². The van der Waals surface area contributed by atoms with E-state index in [9.17, 15) is 0 Å². The molecule has 2 heteroatoms. The van der Waals surface area contributed by atoms with Crippen LogP contribution in [0, 0.1) is 0 Å². The first-order valence-electron chi connectivity index (χ1n) is 2.23. The molecule has 0 aliphatic heterocycles. The molecule has 0 unspecified atom stereocenters. The SMILES string of the molecule is C=C(Br)/C=C(\C)OC. The number of hydrogen-bond acceptors (Lipinski definition) is 1. The van der Waals surface area contributed by atoms with Crippen molar-refractivity contribution in [2.75, 3.05) is 7.11 Å². The summed E-state index contributed by atoms with van der Waals surface area (Å²) in [5.74, 6) is 0.854. The number of halogens is 1. The van der Waals surface area contributed by atoms with Crippen molar-refractivity contribution in [2.45, 2.75) is 6.92 Å². The van der Waals surface area contributed by atoms with Crippen molar-refractivity contribution in [3.8, 4) is 0 Å². The highest BCUT2D eigenvalue weighted by molar-refractivity contribution is 9.11. The van der Waals surface area contributed by atoms with Gasteiger partial charge in [-0.1, -0.05) is 22.5 Å². The Kier molecular flexibility index (Phi) is 3.61. The molecule has 0 fully saturated rings. The third kappa shape index (κ3) is 3.93. The van der Waals surface area contributed by atoms with Crippen molar-refractivity contribution >= 4 is 15.9 Å². The average molecular weight is 177 g/mol. The Morgan fingerprint density at radius 2 is 2.25 bits per heavy atom. The maximum atomic E-state index is 4.83. The van der Waals surface area contributed by atoms with Crippen LogP contribution in [0.4, 0.5) is 0 Å². The largest absolute Gasteiger partial charge is 0.501 e. The molecule has 0 N–H and O–H groups in total. The maximum absolute atomic E-state index is 4.83. The standard InChI is InChI=1S/C6H9BrO/c1-5(7)4-6(2)8-3/h4H,1H2,2-3H3/b6-4+. The Bertz CT molecular complexity index is 116. The van der Waals surface area contributed by atoms with Crippen molar-refractivity contribution in [2.24, 2.45) is 0 Å². The summed E-state index contributed by atoms with van der Waals surface area (Å²) in [6, 6.07) is 0. The summed E-state index contributed by atoms with van der Waals surface area (Å²) in [6.07, 6.45) is 1.81. The van der Waals surface area contributed by atoms with Gasteiger partial charge in [0.15, 0.2) is 0 Å². The van der Waals surface area contributed by atoms with Crippen LogP contribution in [0.1, 0.15) is 6.92 Å². The Balaban J connectivity index is 3.75. The molecule has 0 amide bonds. The second kappa shape index (κ2) is 3.72. The molecule has 0 atom stereocenters. The highest BCUT2D eigenvalue weighted by Gasteiger charge is 1.82. The molecule has 0 aromatic carbocycles. The molecule has 0 saturated carbocycles. The van der Waals surface area contributed by atoms with Gasteiger partial charge in [-0.3, -0.25) is 0 Å². The first kappa shape index (κ1) is 7.76. The molecule has 1 nitrogen and oxygen atoms in total. The molecule has 0 aliphatic carbocycles. The highest BCUT2D eigenvalue weighted by Crippen LogP contribution is 2.05. The molecular formula is C6H9BrO. The van der Waals surface area contributed by atoms with Crippen molar-refractivity contribution in [3.05, 3.63) is 22.9 Å². The molecular weight excluding hydrogens is 168 g/mol. The van der Waals surface area contributed by atoms with Gasteiger partial charge in [-0.05, 0) is 13.0 Å². The Labute approximate surface area is 58.2 Å². The molecule has 0 rings (SSSR count). The van der Waals surface area contributed by atoms with Crippen LogP contribution in [0.15, 0.2) is 22.9 Å². The minimum atomic E-state index is 0.830. The zero-order valence-corrected chi connectivity index (χ0v) is 6.66. The summed E-state index contributed by atoms with van der Waals surface area (Å²) in [5.41, 5.74) is 0. The highest BCUT2D eigenvalue weighted by atomic mass is 79.9. The second-order valence-corrected chi connectivity index (χ2v) is 2.42. The fourth-order valence-electron chi connectivity index (χ4n) is 0.279. The second-order valence-electron chi connectivity index (χ2n) is 1.41. The summed E-state index contributed by atoms with van der Waals surface area (Å²) in [6.45, 7) is 5.47. The summed E-state index contributed by atoms with van der Waals surface area (Å²) >= 11 is 3.16. The third-order valence-corrected chi connectivity index (χ3v) is 0.911. The monoisotopic (exact) mass is 176 g/mol. The van der Waals surface area contributed by atoms with Gasteiger partial charge in [0.25, 0.3) is 0 Å². The van der Waals surface area contributed by atoms with Gasteiger partial charge < -0.3 is 4.74 Å². The Morgan fingerprint density at radius 3 is 2.38 bits per heavy atom. The molecule has 0 heterocycles. The van der Waals surface area contributed by atoms with Crippen molar-refractivity contribution in [3.63, 3.8) is 0 Å².